The lowest BCUT2D eigenvalue weighted by Gasteiger charge is -2.24. The standard InChI is InChI=1S/C23H25N3O5S.C16H20BrN3O4S/c1-23(2,3)31-22(28)25(4)14-17-12-21(20-10-6-5-8-18(20)16-27)26(15-17)32(29,30)19-9-7-11-24-13-19;1-16(2,3)24-15(21)19(4)10-12-8-14(17)20(11-12)25(22,23)13-6-5-7-18-9-13/h5-13,15-16H,14H2,1-4H3;5-9,11H,10H2,1-4H3. The fraction of sp³-hybridized carbons (Fsp3) is 0.308. The molecule has 0 N–H and O–H groups in total. The van der Waals surface area contributed by atoms with Crippen LogP contribution in [-0.4, -0.2) is 88.3 Å². The summed E-state index contributed by atoms with van der Waals surface area (Å²) in [6.07, 6.45) is 8.11. The molecule has 0 aliphatic carbocycles. The number of hydrogen-bond donors (Lipinski definition) is 0. The van der Waals surface area contributed by atoms with E-state index in [0.717, 1.165) is 7.94 Å². The van der Waals surface area contributed by atoms with Gasteiger partial charge in [-0.15, -0.1) is 0 Å². The molecule has 15 nitrogen and oxygen atoms in total. The van der Waals surface area contributed by atoms with Gasteiger partial charge in [-0.3, -0.25) is 14.8 Å². The first-order chi connectivity index (χ1) is 26.5. The topological polar surface area (TPSA) is 180 Å². The molecule has 57 heavy (non-hydrogen) atoms. The minimum atomic E-state index is -4.00. The Morgan fingerprint density at radius 3 is 1.63 bits per heavy atom. The van der Waals surface area contributed by atoms with Gasteiger partial charge in [0, 0.05) is 62.4 Å². The molecule has 0 unspecified atom stereocenters. The largest absolute Gasteiger partial charge is 0.444 e. The Kier molecular flexibility index (Phi) is 13.9. The van der Waals surface area contributed by atoms with E-state index in [9.17, 15) is 31.2 Å². The number of amides is 2. The number of halogens is 1. The van der Waals surface area contributed by atoms with E-state index in [0.29, 0.717) is 38.8 Å². The summed E-state index contributed by atoms with van der Waals surface area (Å²) in [6, 6.07) is 16.0. The lowest BCUT2D eigenvalue weighted by atomic mass is 10.1. The summed E-state index contributed by atoms with van der Waals surface area (Å²) < 4.78 is 65.3. The monoisotopic (exact) mass is 884 g/mol. The molecular formula is C39H45BrN6O9S2. The van der Waals surface area contributed by atoms with Crippen molar-refractivity contribution in [3.63, 3.8) is 0 Å². The molecule has 0 aliphatic rings. The van der Waals surface area contributed by atoms with Gasteiger partial charge in [-0.2, -0.15) is 0 Å². The van der Waals surface area contributed by atoms with Crippen LogP contribution >= 0.6 is 15.9 Å². The number of aromatic nitrogens is 4. The third-order valence-electron chi connectivity index (χ3n) is 7.64. The smallest absolute Gasteiger partial charge is 0.410 e. The van der Waals surface area contributed by atoms with Crippen LogP contribution in [0.4, 0.5) is 9.59 Å². The zero-order valence-corrected chi connectivity index (χ0v) is 36.0. The van der Waals surface area contributed by atoms with Gasteiger partial charge in [0.25, 0.3) is 20.0 Å². The molecule has 0 spiro atoms. The van der Waals surface area contributed by atoms with E-state index in [1.54, 1.807) is 98.1 Å². The molecule has 18 heteroatoms. The van der Waals surface area contributed by atoms with Gasteiger partial charge in [0.1, 0.15) is 25.6 Å². The predicted molar refractivity (Wildman–Crippen MR) is 216 cm³/mol. The fourth-order valence-corrected chi connectivity index (χ4v) is 8.68. The predicted octanol–water partition coefficient (Wildman–Crippen LogP) is 7.22. The molecule has 5 rings (SSSR count). The van der Waals surface area contributed by atoms with E-state index in [1.165, 1.54) is 65.2 Å². The Morgan fingerprint density at radius 1 is 0.719 bits per heavy atom. The van der Waals surface area contributed by atoms with Gasteiger partial charge < -0.3 is 19.3 Å². The van der Waals surface area contributed by atoms with Crippen LogP contribution in [0.1, 0.15) is 63.0 Å². The molecule has 4 aromatic heterocycles. The molecule has 0 saturated carbocycles. The minimum absolute atomic E-state index is 0.00693. The molecular weight excluding hydrogens is 840 g/mol. The first-order valence-electron chi connectivity index (χ1n) is 17.4. The fourth-order valence-electron chi connectivity index (χ4n) is 5.13. The molecule has 1 aromatic carbocycles. The third-order valence-corrected chi connectivity index (χ3v) is 11.8. The highest BCUT2D eigenvalue weighted by molar-refractivity contribution is 9.10. The van der Waals surface area contributed by atoms with Gasteiger partial charge in [0.15, 0.2) is 6.29 Å². The molecule has 0 aliphatic heterocycles. The zero-order chi connectivity index (χ0) is 42.3. The highest BCUT2D eigenvalue weighted by atomic mass is 79.9. The number of benzene rings is 1. The zero-order valence-electron chi connectivity index (χ0n) is 32.8. The quantitative estimate of drug-likeness (QED) is 0.129. The molecule has 0 radical (unpaired) electrons. The first-order valence-corrected chi connectivity index (χ1v) is 21.0. The van der Waals surface area contributed by atoms with Crippen molar-refractivity contribution in [2.24, 2.45) is 0 Å². The molecule has 304 valence electrons. The van der Waals surface area contributed by atoms with Crippen molar-refractivity contribution in [2.45, 2.75) is 75.6 Å². The molecule has 0 bridgehead atoms. The Labute approximate surface area is 341 Å². The van der Waals surface area contributed by atoms with Crippen LogP contribution in [0.15, 0.2) is 112 Å². The number of carbonyl (C=O) groups excluding carboxylic acids is 3. The van der Waals surface area contributed by atoms with Crippen LogP contribution in [0, 0.1) is 0 Å². The highest BCUT2D eigenvalue weighted by Gasteiger charge is 2.26. The number of hydrogen-bond acceptors (Lipinski definition) is 11. The molecule has 0 fully saturated rings. The van der Waals surface area contributed by atoms with Gasteiger partial charge in [0.2, 0.25) is 0 Å². The van der Waals surface area contributed by atoms with Crippen LogP contribution in [0.5, 0.6) is 0 Å². The third kappa shape index (κ3) is 11.6. The van der Waals surface area contributed by atoms with E-state index >= 15 is 0 Å². The van der Waals surface area contributed by atoms with Crippen molar-refractivity contribution in [1.82, 2.24) is 27.7 Å². The van der Waals surface area contributed by atoms with Gasteiger partial charge in [-0.05, 0) is 105 Å². The maximum Gasteiger partial charge on any atom is 0.410 e. The Morgan fingerprint density at radius 2 is 1.18 bits per heavy atom. The number of aldehydes is 1. The van der Waals surface area contributed by atoms with E-state index in [4.69, 9.17) is 9.47 Å². The Balaban J connectivity index is 0.000000261. The number of ether oxygens (including phenoxy) is 2. The molecule has 0 saturated heterocycles. The highest BCUT2D eigenvalue weighted by Crippen LogP contribution is 2.30. The van der Waals surface area contributed by atoms with Crippen molar-refractivity contribution < 1.29 is 40.7 Å². The number of pyridine rings is 2. The average molecular weight is 886 g/mol. The molecule has 5 aromatic rings. The SMILES string of the molecule is CN(Cc1cc(-c2ccccc2C=O)n(S(=O)(=O)c2cccnc2)c1)C(=O)OC(C)(C)C.CN(Cc1cc(Br)n(S(=O)(=O)c2cccnc2)c1)C(=O)OC(C)(C)C. The maximum absolute atomic E-state index is 13.4. The van der Waals surface area contributed by atoms with Crippen LogP contribution < -0.4 is 0 Å². The lowest BCUT2D eigenvalue weighted by Crippen LogP contribution is -2.33. The summed E-state index contributed by atoms with van der Waals surface area (Å²) in [6.45, 7) is 11.0. The maximum atomic E-state index is 13.4. The van der Waals surface area contributed by atoms with Gasteiger partial charge in [-0.25, -0.2) is 34.4 Å². The number of nitrogens with zero attached hydrogens (tertiary/aromatic N) is 6. The second kappa shape index (κ2) is 17.9. The normalized spacial score (nSPS) is 11.9. The van der Waals surface area contributed by atoms with Crippen LogP contribution in [0.25, 0.3) is 11.3 Å². The second-order valence-corrected chi connectivity index (χ2v) is 19.2. The summed E-state index contributed by atoms with van der Waals surface area (Å²) in [7, 11) is -4.60. The van der Waals surface area contributed by atoms with E-state index in [-0.39, 0.29) is 22.9 Å². The van der Waals surface area contributed by atoms with Crippen molar-refractivity contribution >= 4 is 54.4 Å². The summed E-state index contributed by atoms with van der Waals surface area (Å²) >= 11 is 3.25. The van der Waals surface area contributed by atoms with E-state index in [2.05, 4.69) is 25.9 Å². The van der Waals surface area contributed by atoms with Crippen molar-refractivity contribution in [3.05, 3.63) is 119 Å². The number of carbonyl (C=O) groups is 3. The van der Waals surface area contributed by atoms with Crippen molar-refractivity contribution in [1.29, 1.82) is 0 Å². The van der Waals surface area contributed by atoms with Crippen molar-refractivity contribution in [3.8, 4) is 11.3 Å². The van der Waals surface area contributed by atoms with Gasteiger partial charge in [-0.1, -0.05) is 24.3 Å². The molecule has 4 heterocycles. The van der Waals surface area contributed by atoms with Crippen molar-refractivity contribution in [2.75, 3.05) is 14.1 Å². The van der Waals surface area contributed by atoms with E-state index < -0.39 is 43.4 Å². The molecule has 0 atom stereocenters. The Bertz CT molecular complexity index is 2420. The number of rotatable bonds is 10. The molecule has 2 amide bonds. The van der Waals surface area contributed by atoms with E-state index in [1.807, 2.05) is 0 Å². The summed E-state index contributed by atoms with van der Waals surface area (Å²) in [5.41, 5.74) is 1.07. The minimum Gasteiger partial charge on any atom is -0.444 e. The van der Waals surface area contributed by atoms with Crippen LogP contribution in [-0.2, 0) is 42.6 Å². The average Bonchev–Trinajstić information content (AvgIpc) is 3.74. The Hall–Kier alpha value is -5.33. The summed E-state index contributed by atoms with van der Waals surface area (Å²) in [4.78, 5) is 46.6. The second-order valence-electron chi connectivity index (χ2n) is 14.8. The van der Waals surface area contributed by atoms with Crippen LogP contribution in [0.2, 0.25) is 0 Å². The van der Waals surface area contributed by atoms with Crippen LogP contribution in [0.3, 0.4) is 0 Å². The summed E-state index contributed by atoms with van der Waals surface area (Å²) in [5, 5.41) is 0. The summed E-state index contributed by atoms with van der Waals surface area (Å²) in [5.74, 6) is 0. The first kappa shape index (κ1) is 44.4. The lowest BCUT2D eigenvalue weighted by molar-refractivity contribution is 0.0275. The van der Waals surface area contributed by atoms with Gasteiger partial charge in [0.05, 0.1) is 18.8 Å². The van der Waals surface area contributed by atoms with Gasteiger partial charge >= 0.3 is 12.2 Å².